The number of halogens is 2. The van der Waals surface area contributed by atoms with Crippen LogP contribution in [0.3, 0.4) is 0 Å². The van der Waals surface area contributed by atoms with E-state index in [0.717, 1.165) is 10.9 Å². The molecule has 0 fully saturated rings. The van der Waals surface area contributed by atoms with E-state index in [-0.39, 0.29) is 12.1 Å². The smallest absolute Gasteiger partial charge is 0.363 e. The lowest BCUT2D eigenvalue weighted by atomic mass is 10.2. The predicted molar refractivity (Wildman–Crippen MR) is 69.0 cm³/mol. The van der Waals surface area contributed by atoms with Gasteiger partial charge in [0.1, 0.15) is 12.0 Å². The second-order valence-electron chi connectivity index (χ2n) is 3.86. The molecule has 104 valence electrons. The van der Waals surface area contributed by atoms with E-state index >= 15 is 0 Å². The van der Waals surface area contributed by atoms with E-state index in [1.807, 2.05) is 0 Å². The summed E-state index contributed by atoms with van der Waals surface area (Å²) in [7, 11) is 0. The Hall–Kier alpha value is -2.29. The highest BCUT2D eigenvalue weighted by Crippen LogP contribution is 2.20. The van der Waals surface area contributed by atoms with Gasteiger partial charge in [0.2, 0.25) is 5.69 Å². The molecule has 1 heterocycles. The number of hydrogen-bond donors (Lipinski definition) is 1. The number of nitro groups is 1. The monoisotopic (exact) mass is 343 g/mol. The highest BCUT2D eigenvalue weighted by Gasteiger charge is 2.25. The van der Waals surface area contributed by atoms with E-state index in [1.165, 1.54) is 12.1 Å². The van der Waals surface area contributed by atoms with Gasteiger partial charge in [-0.05, 0) is 12.1 Å². The lowest BCUT2D eigenvalue weighted by molar-refractivity contribution is -0.385. The van der Waals surface area contributed by atoms with Crippen molar-refractivity contribution >= 4 is 27.6 Å². The molecule has 9 heteroatoms. The van der Waals surface area contributed by atoms with E-state index in [9.17, 15) is 19.3 Å². The van der Waals surface area contributed by atoms with Crippen molar-refractivity contribution in [1.82, 2.24) is 9.78 Å². The number of benzene rings is 1. The molecule has 20 heavy (non-hydrogen) atoms. The third kappa shape index (κ3) is 2.82. The lowest BCUT2D eigenvalue weighted by Crippen LogP contribution is -2.05. The van der Waals surface area contributed by atoms with Crippen LogP contribution in [0.15, 0.2) is 28.9 Å². The van der Waals surface area contributed by atoms with Crippen molar-refractivity contribution in [3.8, 4) is 0 Å². The van der Waals surface area contributed by atoms with E-state index in [2.05, 4.69) is 21.0 Å². The normalized spacial score (nSPS) is 10.5. The highest BCUT2D eigenvalue weighted by atomic mass is 79.9. The molecule has 2 aromatic rings. The second kappa shape index (κ2) is 5.37. The topological polar surface area (TPSA) is 98.3 Å². The summed E-state index contributed by atoms with van der Waals surface area (Å²) in [5.41, 5.74) is -1.06. The summed E-state index contributed by atoms with van der Waals surface area (Å²) in [6.45, 7) is -0.104. The molecular formula is C11H7BrFN3O4. The Balaban J connectivity index is 2.37. The van der Waals surface area contributed by atoms with Crippen LogP contribution in [0.5, 0.6) is 0 Å². The van der Waals surface area contributed by atoms with Gasteiger partial charge in [0.05, 0.1) is 11.5 Å². The van der Waals surface area contributed by atoms with E-state index < -0.39 is 28.1 Å². The molecular weight excluding hydrogens is 337 g/mol. The van der Waals surface area contributed by atoms with Crippen molar-refractivity contribution < 1.29 is 19.2 Å². The van der Waals surface area contributed by atoms with Crippen LogP contribution in [0.25, 0.3) is 0 Å². The summed E-state index contributed by atoms with van der Waals surface area (Å²) in [5.74, 6) is -2.03. The van der Waals surface area contributed by atoms with Gasteiger partial charge in [-0.2, -0.15) is 5.10 Å². The van der Waals surface area contributed by atoms with Gasteiger partial charge in [-0.1, -0.05) is 22.0 Å². The minimum atomic E-state index is -1.51. The fourth-order valence-corrected chi connectivity index (χ4v) is 1.94. The van der Waals surface area contributed by atoms with Crippen LogP contribution in [-0.2, 0) is 6.54 Å². The molecule has 0 saturated carbocycles. The van der Waals surface area contributed by atoms with Crippen molar-refractivity contribution in [1.29, 1.82) is 0 Å². The van der Waals surface area contributed by atoms with Gasteiger partial charge in [-0.15, -0.1) is 0 Å². The van der Waals surface area contributed by atoms with Crippen LogP contribution in [0.2, 0.25) is 0 Å². The van der Waals surface area contributed by atoms with Gasteiger partial charge >= 0.3 is 11.7 Å². The zero-order chi connectivity index (χ0) is 14.9. The number of carboxylic acids is 1. The van der Waals surface area contributed by atoms with Gasteiger partial charge in [-0.3, -0.25) is 14.8 Å². The molecule has 1 aromatic heterocycles. The molecule has 1 aromatic carbocycles. The van der Waals surface area contributed by atoms with Crippen LogP contribution >= 0.6 is 15.9 Å². The van der Waals surface area contributed by atoms with Crippen LogP contribution in [-0.4, -0.2) is 25.8 Å². The zero-order valence-electron chi connectivity index (χ0n) is 9.79. The summed E-state index contributed by atoms with van der Waals surface area (Å²) < 4.78 is 15.2. The highest BCUT2D eigenvalue weighted by molar-refractivity contribution is 9.10. The third-order valence-electron chi connectivity index (χ3n) is 2.49. The lowest BCUT2D eigenvalue weighted by Gasteiger charge is -2.03. The Kier molecular flexibility index (Phi) is 3.79. The third-order valence-corrected chi connectivity index (χ3v) is 2.98. The Bertz CT molecular complexity index is 669. The number of nitrogens with zero attached hydrogens (tertiary/aromatic N) is 3. The molecule has 1 N–H and O–H groups in total. The van der Waals surface area contributed by atoms with Crippen LogP contribution in [0.1, 0.15) is 16.1 Å². The molecule has 0 unspecified atom stereocenters. The molecule has 2 rings (SSSR count). The molecule has 7 nitrogen and oxygen atoms in total. The average molecular weight is 344 g/mol. The molecule has 0 aliphatic heterocycles. The minimum absolute atomic E-state index is 0.104. The van der Waals surface area contributed by atoms with Crippen molar-refractivity contribution in [2.45, 2.75) is 6.54 Å². The first-order chi connectivity index (χ1) is 9.38. The van der Waals surface area contributed by atoms with Crippen molar-refractivity contribution in [3.05, 3.63) is 56.1 Å². The standard InChI is InChI=1S/C11H7BrFN3O4/c12-7-2-1-6(8(13)3-7)4-15-5-9(16(19)20)10(14-15)11(17)18/h1-3,5H,4H2,(H,17,18). The molecule has 0 saturated heterocycles. The molecule has 0 bridgehead atoms. The first-order valence-corrected chi connectivity index (χ1v) is 6.07. The van der Waals surface area contributed by atoms with Crippen LogP contribution in [0, 0.1) is 15.9 Å². The summed E-state index contributed by atoms with van der Waals surface area (Å²) in [4.78, 5) is 20.7. The minimum Gasteiger partial charge on any atom is -0.476 e. The average Bonchev–Trinajstić information content (AvgIpc) is 2.77. The number of carbonyl (C=O) groups is 1. The largest absolute Gasteiger partial charge is 0.476 e. The van der Waals surface area contributed by atoms with Gasteiger partial charge in [0, 0.05) is 10.0 Å². The molecule has 0 radical (unpaired) electrons. The maximum atomic E-state index is 13.6. The quantitative estimate of drug-likeness (QED) is 0.679. The number of rotatable bonds is 4. The molecule has 0 amide bonds. The summed E-state index contributed by atoms with van der Waals surface area (Å²) in [6, 6.07) is 4.33. The molecule has 0 spiro atoms. The summed E-state index contributed by atoms with van der Waals surface area (Å²) in [5, 5.41) is 23.1. The first kappa shape index (κ1) is 14.1. The summed E-state index contributed by atoms with van der Waals surface area (Å²) in [6.07, 6.45) is 0.963. The number of aromatic carboxylic acids is 1. The van der Waals surface area contributed by atoms with E-state index in [0.29, 0.717) is 4.47 Å². The van der Waals surface area contributed by atoms with Crippen molar-refractivity contribution in [3.63, 3.8) is 0 Å². The zero-order valence-corrected chi connectivity index (χ0v) is 11.4. The van der Waals surface area contributed by atoms with Gasteiger partial charge < -0.3 is 5.11 Å². The maximum Gasteiger partial charge on any atom is 0.363 e. The number of carboxylic acid groups (broad SMARTS) is 1. The van der Waals surface area contributed by atoms with Crippen LogP contribution < -0.4 is 0 Å². The Morgan fingerprint density at radius 3 is 2.75 bits per heavy atom. The predicted octanol–water partition coefficient (Wildman–Crippen LogP) is 2.44. The molecule has 0 atom stereocenters. The van der Waals surface area contributed by atoms with Gasteiger partial charge in [-0.25, -0.2) is 9.18 Å². The SMILES string of the molecule is O=C(O)c1nn(Cc2ccc(Br)cc2F)cc1[N+](=O)[O-]. The first-order valence-electron chi connectivity index (χ1n) is 5.27. The summed E-state index contributed by atoms with van der Waals surface area (Å²) >= 11 is 3.11. The Morgan fingerprint density at radius 2 is 2.25 bits per heavy atom. The Morgan fingerprint density at radius 1 is 1.55 bits per heavy atom. The number of hydrogen-bond acceptors (Lipinski definition) is 4. The molecule has 0 aliphatic carbocycles. The fraction of sp³-hybridized carbons (Fsp3) is 0.0909. The van der Waals surface area contributed by atoms with Gasteiger partial charge in [0.15, 0.2) is 0 Å². The van der Waals surface area contributed by atoms with Gasteiger partial charge in [0.25, 0.3) is 0 Å². The van der Waals surface area contributed by atoms with Crippen molar-refractivity contribution in [2.75, 3.05) is 0 Å². The fourth-order valence-electron chi connectivity index (χ4n) is 1.60. The molecule has 0 aliphatic rings. The second-order valence-corrected chi connectivity index (χ2v) is 4.77. The van der Waals surface area contributed by atoms with Crippen molar-refractivity contribution in [2.24, 2.45) is 0 Å². The Labute approximate surface area is 119 Å². The maximum absolute atomic E-state index is 13.6. The van der Waals surface area contributed by atoms with E-state index in [4.69, 9.17) is 5.11 Å². The van der Waals surface area contributed by atoms with Crippen LogP contribution in [0.4, 0.5) is 10.1 Å². The van der Waals surface area contributed by atoms with E-state index in [1.54, 1.807) is 6.07 Å². The number of aromatic nitrogens is 2.